The molecule has 0 aliphatic carbocycles. The maximum Gasteiger partial charge on any atom is 4.00 e. The topological polar surface area (TPSA) is 83.9 Å². The standard InChI is InChI=1S/C21H28N3.C21H25N3.C3H8.4C2H6N.ClH.Pt.Zr/c2*1-3-5-8-19-11-13-23(17-19)20-9-7-10-21(16-20)24-15-14-22(18-24)12-6-4-2;5*1-3-2;;;/h7,9-11,13-18H,3-6,8,12H2,1-2H3;7,9-11,13-15H,3-6,8,12H2,1-2H3;3H2,1-2H3;4*1-2H3;1H;;/q+1;-2;;4*-1;;+1;+4/p-1. The first kappa shape index (κ1) is 67.4. The van der Waals surface area contributed by atoms with E-state index in [1.165, 1.54) is 80.3 Å². The molecule has 66 heavy (non-hydrogen) atoms. The zero-order valence-corrected chi connectivity index (χ0v) is 48.7. The van der Waals surface area contributed by atoms with Crippen molar-refractivity contribution in [2.75, 3.05) is 56.4 Å². The summed E-state index contributed by atoms with van der Waals surface area (Å²) in [5, 5.41) is 14.0. The molecule has 0 bridgehead atoms. The number of hydrogen-bond donors (Lipinski definition) is 0. The van der Waals surface area contributed by atoms with E-state index in [9.17, 15) is 0 Å². The Labute approximate surface area is 438 Å². The van der Waals surface area contributed by atoms with E-state index >= 15 is 0 Å². The molecule has 0 N–H and O–H groups in total. The van der Waals surface area contributed by atoms with Gasteiger partial charge in [0.1, 0.15) is 18.1 Å². The van der Waals surface area contributed by atoms with Crippen LogP contribution in [-0.4, -0.2) is 74.6 Å². The molecule has 0 aliphatic heterocycles. The van der Waals surface area contributed by atoms with Crippen LogP contribution < -0.4 is 9.13 Å². The number of nitrogens with zero attached hydrogens (tertiary/aromatic N) is 10. The monoisotopic (exact) mass is 1180 g/mol. The summed E-state index contributed by atoms with van der Waals surface area (Å²) in [6, 6.07) is 22.7. The van der Waals surface area contributed by atoms with Crippen molar-refractivity contribution in [3.05, 3.63) is 155 Å². The third-order valence-electron chi connectivity index (χ3n) is 8.62. The minimum atomic E-state index is 0. The van der Waals surface area contributed by atoms with E-state index in [0.717, 1.165) is 37.3 Å². The molecule has 0 fully saturated rings. The molecule has 2 aromatic carbocycles. The summed E-state index contributed by atoms with van der Waals surface area (Å²) < 4.78 is 12.8. The Bertz CT molecular complexity index is 1650. The zero-order valence-electron chi connectivity index (χ0n) is 43.2. The summed E-state index contributed by atoms with van der Waals surface area (Å²) in [5.41, 5.74) is 7.11. The maximum absolute atomic E-state index is 4.61. The van der Waals surface area contributed by atoms with Crippen molar-refractivity contribution >= 4 is 9.42 Å². The molecule has 0 saturated carbocycles. The van der Waals surface area contributed by atoms with Gasteiger partial charge in [-0.2, -0.15) is 86.3 Å². The average Bonchev–Trinajstić information content (AvgIpc) is 4.17. The van der Waals surface area contributed by atoms with Gasteiger partial charge in [-0.15, -0.1) is 11.8 Å². The van der Waals surface area contributed by atoms with Crippen LogP contribution in [0.5, 0.6) is 0 Å². The summed E-state index contributed by atoms with van der Waals surface area (Å²) in [6.07, 6.45) is 37.1. The smallest absolute Gasteiger partial charge is 4.00 e. The average molecular weight is 1180 g/mol. The van der Waals surface area contributed by atoms with Crippen LogP contribution in [0, 0.1) is 18.6 Å². The Kier molecular flexibility index (Phi) is 48.2. The van der Waals surface area contributed by atoms with Gasteiger partial charge in [0.05, 0.1) is 13.1 Å². The van der Waals surface area contributed by atoms with E-state index in [4.69, 9.17) is 0 Å². The molecule has 0 radical (unpaired) electrons. The van der Waals surface area contributed by atoms with Crippen LogP contribution >= 0.6 is 9.42 Å². The van der Waals surface area contributed by atoms with Gasteiger partial charge in [0.25, 0.3) is 0 Å². The second kappa shape index (κ2) is 47.2. The first-order chi connectivity index (χ1) is 31.7. The fourth-order valence-electron chi connectivity index (χ4n) is 5.67. The molecule has 0 aliphatic rings. The number of halogens is 1. The van der Waals surface area contributed by atoms with Crippen LogP contribution in [0.3, 0.4) is 0 Å². The van der Waals surface area contributed by atoms with Crippen LogP contribution in [0.4, 0.5) is 0 Å². The van der Waals surface area contributed by atoms with Crippen molar-refractivity contribution in [2.24, 2.45) is 0 Å². The maximum atomic E-state index is 4.61. The van der Waals surface area contributed by atoms with Gasteiger partial charge in [-0.25, -0.2) is 15.2 Å². The van der Waals surface area contributed by atoms with Gasteiger partial charge in [-0.05, 0) is 55.9 Å². The van der Waals surface area contributed by atoms with Crippen molar-refractivity contribution in [2.45, 2.75) is 125 Å². The van der Waals surface area contributed by atoms with Gasteiger partial charge >= 0.3 is 54.4 Å². The Hall–Kier alpha value is -2.88. The van der Waals surface area contributed by atoms with E-state index in [1.54, 1.807) is 75.2 Å². The van der Waals surface area contributed by atoms with Gasteiger partial charge in [0.15, 0.2) is 0 Å². The largest absolute Gasteiger partial charge is 4.00 e. The molecule has 0 unspecified atom stereocenters. The molecule has 0 amide bonds. The molecule has 6 aromatic rings. The van der Waals surface area contributed by atoms with Crippen molar-refractivity contribution in [3.63, 3.8) is 0 Å². The number of aromatic nitrogens is 6. The first-order valence-corrected chi connectivity index (χ1v) is 26.0. The molecule has 0 atom stereocenters. The summed E-state index contributed by atoms with van der Waals surface area (Å²) in [7, 11) is 18.6. The Morgan fingerprint density at radius 2 is 1.09 bits per heavy atom. The van der Waals surface area contributed by atoms with E-state index < -0.39 is 0 Å². The Morgan fingerprint density at radius 3 is 1.67 bits per heavy atom. The van der Waals surface area contributed by atoms with Gasteiger partial charge in [0, 0.05) is 36.5 Å². The molecule has 6 rings (SSSR count). The van der Waals surface area contributed by atoms with E-state index in [0.29, 0.717) is 0 Å². The number of benzene rings is 2. The van der Waals surface area contributed by atoms with E-state index in [-0.39, 0.29) is 26.2 Å². The summed E-state index contributed by atoms with van der Waals surface area (Å²) in [6.45, 7) is 15.2. The number of rotatable bonds is 16. The molecule has 10 nitrogen and oxygen atoms in total. The minimum Gasteiger partial charge on any atom is 4.00 e. The van der Waals surface area contributed by atoms with Crippen LogP contribution in [0.15, 0.2) is 104 Å². The normalized spacial score (nSPS) is 9.53. The summed E-state index contributed by atoms with van der Waals surface area (Å²) in [4.78, 5) is 0. The van der Waals surface area contributed by atoms with Crippen molar-refractivity contribution in [1.82, 2.24) is 18.3 Å². The zero-order chi connectivity index (χ0) is 49.1. The van der Waals surface area contributed by atoms with Crippen molar-refractivity contribution in [1.29, 1.82) is 0 Å². The molecular formula is C53H85ClN10PtZr-. The number of aryl methyl sites for hydroxylation is 4. The van der Waals surface area contributed by atoms with Gasteiger partial charge in [-0.1, -0.05) is 98.0 Å². The molecule has 4 aromatic heterocycles. The van der Waals surface area contributed by atoms with E-state index in [1.807, 2.05) is 15.3 Å². The predicted molar refractivity (Wildman–Crippen MR) is 277 cm³/mol. The summed E-state index contributed by atoms with van der Waals surface area (Å²) in [5.74, 6) is 0. The summed E-state index contributed by atoms with van der Waals surface area (Å²) >= 11 is 1.61. The SMILES string of the molecule is CCC.CCCCc1[c-]n(-c2[c-]c(-n3[c-][n+](CCCC)cc3)ccc2)cc1.CCCCc1ccn(-c2cccc(-n3cc[n+](CCCC)c3)c2)c1.C[N-]C.C[N-]C.C[N-]C.C[N-]C.[Cl][Pt].[Zr+4]. The third kappa shape index (κ3) is 30.5. The fourth-order valence-corrected chi connectivity index (χ4v) is 5.67. The molecule has 0 saturated heterocycles. The van der Waals surface area contributed by atoms with E-state index in [2.05, 4.69) is 207 Å². The molecule has 369 valence electrons. The second-order valence-corrected chi connectivity index (χ2v) is 15.1. The molecular weight excluding hydrogens is 1100 g/mol. The number of unbranched alkanes of at least 4 members (excludes halogenated alkanes) is 4. The Morgan fingerprint density at radius 1 is 0.576 bits per heavy atom. The van der Waals surface area contributed by atoms with Crippen LogP contribution in [0.25, 0.3) is 44.0 Å². The quantitative estimate of drug-likeness (QED) is 0.0683. The number of hydrogen-bond acceptors (Lipinski definition) is 0. The third-order valence-corrected chi connectivity index (χ3v) is 8.62. The van der Waals surface area contributed by atoms with Gasteiger partial charge < -0.3 is 39.5 Å². The minimum absolute atomic E-state index is 0. The first-order valence-electron chi connectivity index (χ1n) is 23.2. The second-order valence-electron chi connectivity index (χ2n) is 15.1. The molecule has 4 heterocycles. The predicted octanol–water partition coefficient (Wildman–Crippen LogP) is 13.4. The van der Waals surface area contributed by atoms with Crippen LogP contribution in [-0.2, 0) is 70.9 Å². The van der Waals surface area contributed by atoms with Crippen LogP contribution in [0.1, 0.15) is 110 Å². The van der Waals surface area contributed by atoms with Gasteiger partial charge in [0.2, 0.25) is 12.7 Å². The fraction of sp³-hybridized carbons (Fsp3) is 0.509. The number of imidazole rings is 2. The van der Waals surface area contributed by atoms with Crippen LogP contribution in [0.2, 0.25) is 0 Å². The van der Waals surface area contributed by atoms with Crippen molar-refractivity contribution in [3.8, 4) is 22.7 Å². The Balaban J connectivity index is -0.000000890. The molecule has 13 heteroatoms. The van der Waals surface area contributed by atoms with Gasteiger partial charge in [-0.3, -0.25) is 0 Å². The van der Waals surface area contributed by atoms with Crippen molar-refractivity contribution < 1.29 is 54.1 Å². The molecule has 0 spiro atoms.